The van der Waals surface area contributed by atoms with Gasteiger partial charge in [0, 0.05) is 32.2 Å². The van der Waals surface area contributed by atoms with E-state index in [1.165, 1.54) is 11.3 Å². The van der Waals surface area contributed by atoms with E-state index in [-0.39, 0.29) is 11.9 Å². The summed E-state index contributed by atoms with van der Waals surface area (Å²) < 4.78 is 0. The van der Waals surface area contributed by atoms with E-state index in [0.29, 0.717) is 5.69 Å². The third kappa shape index (κ3) is 2.76. The second-order valence-electron chi connectivity index (χ2n) is 5.37. The van der Waals surface area contributed by atoms with Crippen LogP contribution >= 0.6 is 11.3 Å². The molecule has 0 bridgehead atoms. The lowest BCUT2D eigenvalue weighted by Crippen LogP contribution is -2.30. The Morgan fingerprint density at radius 3 is 3.00 bits per heavy atom. The van der Waals surface area contributed by atoms with Crippen molar-refractivity contribution in [3.8, 4) is 0 Å². The summed E-state index contributed by atoms with van der Waals surface area (Å²) in [5.74, 6) is 0.947. The molecule has 0 aliphatic carbocycles. The number of amides is 1. The molecule has 1 amide bonds. The second-order valence-corrected chi connectivity index (χ2v) is 6.09. The molecule has 2 aromatic heterocycles. The lowest BCUT2D eigenvalue weighted by molar-refractivity contribution is 0.0730. The SMILES string of the molecule is CN(C)c1cc(C2CCCN2C(=O)c2cscn2)ccn1. The van der Waals surface area contributed by atoms with E-state index in [9.17, 15) is 4.79 Å². The molecule has 1 aliphatic rings. The number of likely N-dealkylation sites (tertiary alicyclic amines) is 1. The fourth-order valence-electron chi connectivity index (χ4n) is 2.71. The van der Waals surface area contributed by atoms with Gasteiger partial charge in [-0.1, -0.05) is 0 Å². The Hall–Kier alpha value is -1.95. The molecule has 3 rings (SSSR count). The van der Waals surface area contributed by atoms with Crippen molar-refractivity contribution in [2.75, 3.05) is 25.5 Å². The monoisotopic (exact) mass is 302 g/mol. The fraction of sp³-hybridized carbons (Fsp3) is 0.400. The summed E-state index contributed by atoms with van der Waals surface area (Å²) in [6, 6.07) is 4.20. The van der Waals surface area contributed by atoms with Crippen LogP contribution in [0.25, 0.3) is 0 Å². The van der Waals surface area contributed by atoms with Crippen LogP contribution in [0.2, 0.25) is 0 Å². The van der Waals surface area contributed by atoms with Crippen molar-refractivity contribution in [2.45, 2.75) is 18.9 Å². The number of rotatable bonds is 3. The highest BCUT2D eigenvalue weighted by atomic mass is 32.1. The zero-order valence-corrected chi connectivity index (χ0v) is 13.0. The Morgan fingerprint density at radius 2 is 2.29 bits per heavy atom. The van der Waals surface area contributed by atoms with E-state index in [1.54, 1.807) is 5.51 Å². The number of nitrogens with zero attached hydrogens (tertiary/aromatic N) is 4. The van der Waals surface area contributed by atoms with Gasteiger partial charge in [0.1, 0.15) is 11.5 Å². The van der Waals surface area contributed by atoms with Gasteiger partial charge >= 0.3 is 0 Å². The summed E-state index contributed by atoms with van der Waals surface area (Å²) >= 11 is 1.45. The summed E-state index contributed by atoms with van der Waals surface area (Å²) in [4.78, 5) is 24.9. The molecule has 0 saturated carbocycles. The van der Waals surface area contributed by atoms with E-state index < -0.39 is 0 Å². The third-order valence-electron chi connectivity index (χ3n) is 3.78. The number of hydrogen-bond acceptors (Lipinski definition) is 5. The molecule has 110 valence electrons. The Kier molecular flexibility index (Phi) is 3.88. The van der Waals surface area contributed by atoms with Crippen LogP contribution < -0.4 is 4.90 Å². The van der Waals surface area contributed by atoms with Crippen molar-refractivity contribution < 1.29 is 4.79 Å². The number of carbonyl (C=O) groups excluding carboxylic acids is 1. The van der Waals surface area contributed by atoms with Crippen molar-refractivity contribution in [2.24, 2.45) is 0 Å². The summed E-state index contributed by atoms with van der Waals surface area (Å²) in [5.41, 5.74) is 3.40. The normalized spacial score (nSPS) is 18.0. The number of carbonyl (C=O) groups is 1. The minimum Gasteiger partial charge on any atom is -0.363 e. The van der Waals surface area contributed by atoms with Crippen LogP contribution in [-0.4, -0.2) is 41.4 Å². The Bertz CT molecular complexity index is 626. The first-order valence-electron chi connectivity index (χ1n) is 6.99. The van der Waals surface area contributed by atoms with Gasteiger partial charge in [-0.15, -0.1) is 11.3 Å². The van der Waals surface area contributed by atoms with Gasteiger partial charge in [-0.25, -0.2) is 9.97 Å². The average Bonchev–Trinajstić information content (AvgIpc) is 3.18. The topological polar surface area (TPSA) is 49.3 Å². The first kappa shape index (κ1) is 14.0. The summed E-state index contributed by atoms with van der Waals surface area (Å²) in [6.07, 6.45) is 3.83. The van der Waals surface area contributed by atoms with Gasteiger partial charge in [-0.2, -0.15) is 0 Å². The lowest BCUT2D eigenvalue weighted by Gasteiger charge is -2.25. The molecule has 1 fully saturated rings. The Morgan fingerprint density at radius 1 is 1.43 bits per heavy atom. The molecule has 1 saturated heterocycles. The molecule has 1 unspecified atom stereocenters. The van der Waals surface area contributed by atoms with Crippen molar-refractivity contribution in [1.29, 1.82) is 0 Å². The quantitative estimate of drug-likeness (QED) is 0.874. The van der Waals surface area contributed by atoms with E-state index in [1.807, 2.05) is 41.5 Å². The molecular weight excluding hydrogens is 284 g/mol. The molecule has 6 heteroatoms. The van der Waals surface area contributed by atoms with Gasteiger partial charge in [0.25, 0.3) is 5.91 Å². The smallest absolute Gasteiger partial charge is 0.273 e. The lowest BCUT2D eigenvalue weighted by atomic mass is 10.1. The highest BCUT2D eigenvalue weighted by molar-refractivity contribution is 7.07. The average molecular weight is 302 g/mol. The number of pyridine rings is 1. The maximum absolute atomic E-state index is 12.6. The van der Waals surface area contributed by atoms with Gasteiger partial charge < -0.3 is 9.80 Å². The first-order chi connectivity index (χ1) is 10.2. The summed E-state index contributed by atoms with van der Waals surface area (Å²) in [5, 5.41) is 1.81. The maximum Gasteiger partial charge on any atom is 0.273 e. The number of aromatic nitrogens is 2. The van der Waals surface area contributed by atoms with Crippen LogP contribution in [0.1, 0.15) is 34.9 Å². The first-order valence-corrected chi connectivity index (χ1v) is 7.93. The molecule has 0 spiro atoms. The minimum absolute atomic E-state index is 0.0296. The molecule has 21 heavy (non-hydrogen) atoms. The van der Waals surface area contributed by atoms with Gasteiger partial charge in [0.15, 0.2) is 0 Å². The van der Waals surface area contributed by atoms with Gasteiger partial charge in [0.05, 0.1) is 11.6 Å². The van der Waals surface area contributed by atoms with E-state index >= 15 is 0 Å². The van der Waals surface area contributed by atoms with Gasteiger partial charge in [0.2, 0.25) is 0 Å². The predicted octanol–water partition coefficient (Wildman–Crippen LogP) is 2.58. The zero-order chi connectivity index (χ0) is 14.8. The van der Waals surface area contributed by atoms with E-state index in [0.717, 1.165) is 30.8 Å². The molecule has 3 heterocycles. The zero-order valence-electron chi connectivity index (χ0n) is 12.2. The number of hydrogen-bond donors (Lipinski definition) is 0. The largest absolute Gasteiger partial charge is 0.363 e. The van der Waals surface area contributed by atoms with Gasteiger partial charge in [-0.05, 0) is 30.5 Å². The van der Waals surface area contributed by atoms with Crippen molar-refractivity contribution >= 4 is 23.1 Å². The standard InChI is InChI=1S/C15H18N4OS/c1-18(2)14-8-11(5-6-16-14)13-4-3-7-19(13)15(20)12-9-21-10-17-12/h5-6,8-10,13H,3-4,7H2,1-2H3. The third-order valence-corrected chi connectivity index (χ3v) is 4.36. The predicted molar refractivity (Wildman–Crippen MR) is 83.7 cm³/mol. The maximum atomic E-state index is 12.6. The molecule has 0 aromatic carbocycles. The van der Waals surface area contributed by atoms with Crippen molar-refractivity contribution in [3.05, 3.63) is 40.5 Å². The van der Waals surface area contributed by atoms with Crippen LogP contribution in [0.4, 0.5) is 5.82 Å². The van der Waals surface area contributed by atoms with Crippen LogP contribution in [0.5, 0.6) is 0 Å². The van der Waals surface area contributed by atoms with E-state index in [2.05, 4.69) is 16.0 Å². The molecule has 0 N–H and O–H groups in total. The highest BCUT2D eigenvalue weighted by Gasteiger charge is 2.31. The molecule has 0 radical (unpaired) electrons. The van der Waals surface area contributed by atoms with Crippen LogP contribution in [-0.2, 0) is 0 Å². The molecule has 1 atom stereocenters. The van der Waals surface area contributed by atoms with Crippen LogP contribution in [0.15, 0.2) is 29.2 Å². The van der Waals surface area contributed by atoms with E-state index in [4.69, 9.17) is 0 Å². The van der Waals surface area contributed by atoms with Crippen LogP contribution in [0.3, 0.4) is 0 Å². The highest BCUT2D eigenvalue weighted by Crippen LogP contribution is 2.33. The second kappa shape index (κ2) is 5.81. The van der Waals surface area contributed by atoms with Crippen molar-refractivity contribution in [3.63, 3.8) is 0 Å². The minimum atomic E-state index is 0.0296. The Labute approximate surface area is 128 Å². The molecule has 5 nitrogen and oxygen atoms in total. The summed E-state index contributed by atoms with van der Waals surface area (Å²) in [7, 11) is 3.94. The molecule has 2 aromatic rings. The van der Waals surface area contributed by atoms with Crippen molar-refractivity contribution in [1.82, 2.24) is 14.9 Å². The fourth-order valence-corrected chi connectivity index (χ4v) is 3.23. The molecule has 1 aliphatic heterocycles. The molecular formula is C15H18N4OS. The summed E-state index contributed by atoms with van der Waals surface area (Å²) in [6.45, 7) is 0.792. The van der Waals surface area contributed by atoms with Gasteiger partial charge in [-0.3, -0.25) is 4.79 Å². The van der Waals surface area contributed by atoms with Crippen LogP contribution in [0, 0.1) is 0 Å². The Balaban J connectivity index is 1.87. The number of thiazole rings is 1. The number of anilines is 1.